The zero-order chi connectivity index (χ0) is 6.85. The summed E-state index contributed by atoms with van der Waals surface area (Å²) in [5.74, 6) is 0. The van der Waals surface area contributed by atoms with Gasteiger partial charge < -0.3 is 9.88 Å². The second kappa shape index (κ2) is 2.13. The molecule has 2 nitrogen and oxygen atoms in total. The zero-order valence-corrected chi connectivity index (χ0v) is 6.10. The molecule has 0 aromatic carbocycles. The van der Waals surface area contributed by atoms with Gasteiger partial charge in [0.25, 0.3) is 0 Å². The summed E-state index contributed by atoms with van der Waals surface area (Å²) in [4.78, 5) is 5.18. The van der Waals surface area contributed by atoms with Crippen molar-refractivity contribution in [3.8, 4) is 0 Å². The van der Waals surface area contributed by atoms with E-state index in [0.717, 1.165) is 0 Å². The quantitative estimate of drug-likeness (QED) is 0.599. The van der Waals surface area contributed by atoms with Crippen LogP contribution in [0, 0.1) is 6.92 Å². The van der Waals surface area contributed by atoms with Crippen molar-refractivity contribution in [3.63, 3.8) is 0 Å². The molecule has 1 heterocycles. The van der Waals surface area contributed by atoms with E-state index in [4.69, 9.17) is 0 Å². The summed E-state index contributed by atoms with van der Waals surface area (Å²) in [5.41, 5.74) is 2.44. The highest BCUT2D eigenvalue weighted by Crippen LogP contribution is 2.10. The predicted molar refractivity (Wildman–Crippen MR) is 39.9 cm³/mol. The van der Waals surface area contributed by atoms with Gasteiger partial charge in [-0.25, -0.2) is 0 Å². The van der Waals surface area contributed by atoms with Gasteiger partial charge in [0.2, 0.25) is 0 Å². The number of H-pyrrole nitrogens is 1. The van der Waals surface area contributed by atoms with E-state index in [0.29, 0.717) is 0 Å². The zero-order valence-electron chi connectivity index (χ0n) is 6.10. The fourth-order valence-corrected chi connectivity index (χ4v) is 0.751. The first-order valence-electron chi connectivity index (χ1n) is 3.02. The van der Waals surface area contributed by atoms with E-state index in [-0.39, 0.29) is 0 Å². The monoisotopic (exact) mass is 124 g/mol. The fourth-order valence-electron chi connectivity index (χ4n) is 0.751. The van der Waals surface area contributed by atoms with Gasteiger partial charge in [0.1, 0.15) is 0 Å². The average Bonchev–Trinajstić information content (AvgIpc) is 2.14. The lowest BCUT2D eigenvalue weighted by Crippen LogP contribution is -2.06. The Bertz CT molecular complexity index is 189. The highest BCUT2D eigenvalue weighted by molar-refractivity contribution is 5.44. The Kier molecular flexibility index (Phi) is 1.47. The molecule has 0 aliphatic heterocycles. The summed E-state index contributed by atoms with van der Waals surface area (Å²) >= 11 is 0. The molecule has 0 aliphatic rings. The van der Waals surface area contributed by atoms with Crippen LogP contribution in [-0.2, 0) is 0 Å². The van der Waals surface area contributed by atoms with Crippen LogP contribution in [0.25, 0.3) is 0 Å². The Labute approximate surface area is 55.5 Å². The molecule has 50 valence electrons. The van der Waals surface area contributed by atoms with E-state index < -0.39 is 0 Å². The van der Waals surface area contributed by atoms with Crippen molar-refractivity contribution < 1.29 is 0 Å². The van der Waals surface area contributed by atoms with Gasteiger partial charge in [0, 0.05) is 26.0 Å². The highest BCUT2D eigenvalue weighted by atomic mass is 15.1. The summed E-state index contributed by atoms with van der Waals surface area (Å²) in [5, 5.41) is 0. The molecule has 0 unspecified atom stereocenters. The molecule has 0 amide bonds. The minimum Gasteiger partial charge on any atom is -0.376 e. The molecule has 0 spiro atoms. The number of aromatic nitrogens is 1. The van der Waals surface area contributed by atoms with Crippen LogP contribution in [0.2, 0.25) is 0 Å². The van der Waals surface area contributed by atoms with Crippen LogP contribution in [0.4, 0.5) is 5.69 Å². The maximum Gasteiger partial charge on any atom is 0.0541 e. The van der Waals surface area contributed by atoms with E-state index >= 15 is 0 Å². The van der Waals surface area contributed by atoms with Gasteiger partial charge in [-0.15, -0.1) is 0 Å². The molecule has 0 atom stereocenters. The Morgan fingerprint density at radius 1 is 1.44 bits per heavy atom. The third-order valence-electron chi connectivity index (χ3n) is 1.33. The van der Waals surface area contributed by atoms with E-state index in [2.05, 4.69) is 16.0 Å². The molecule has 0 saturated heterocycles. The van der Waals surface area contributed by atoms with Crippen molar-refractivity contribution in [2.75, 3.05) is 19.0 Å². The second-order valence-electron chi connectivity index (χ2n) is 2.44. The number of hydrogen-bond donors (Lipinski definition) is 1. The molecule has 1 aromatic heterocycles. The second-order valence-corrected chi connectivity index (χ2v) is 2.44. The van der Waals surface area contributed by atoms with Crippen LogP contribution >= 0.6 is 0 Å². The van der Waals surface area contributed by atoms with Gasteiger partial charge >= 0.3 is 0 Å². The Balaban J connectivity index is 2.85. The van der Waals surface area contributed by atoms with Gasteiger partial charge in [-0.05, 0) is 13.0 Å². The Morgan fingerprint density at radius 3 is 2.33 bits per heavy atom. The predicted octanol–water partition coefficient (Wildman–Crippen LogP) is 1.39. The number of anilines is 1. The van der Waals surface area contributed by atoms with Crippen LogP contribution in [0.1, 0.15) is 5.69 Å². The van der Waals surface area contributed by atoms with Crippen molar-refractivity contribution in [1.82, 2.24) is 4.98 Å². The third kappa shape index (κ3) is 1.25. The largest absolute Gasteiger partial charge is 0.376 e. The first-order valence-corrected chi connectivity index (χ1v) is 3.02. The van der Waals surface area contributed by atoms with Crippen molar-refractivity contribution >= 4 is 5.69 Å². The molecule has 2 heteroatoms. The van der Waals surface area contributed by atoms with Gasteiger partial charge in [-0.2, -0.15) is 0 Å². The number of aromatic amines is 1. The number of hydrogen-bond acceptors (Lipinski definition) is 1. The van der Waals surface area contributed by atoms with Crippen LogP contribution in [-0.4, -0.2) is 19.1 Å². The summed E-state index contributed by atoms with van der Waals surface area (Å²) in [6.45, 7) is 2.05. The number of nitrogens with zero attached hydrogens (tertiary/aromatic N) is 1. The normalized spacial score (nSPS) is 9.67. The first kappa shape index (κ1) is 6.20. The molecule has 0 fully saturated rings. The fraction of sp³-hybridized carbons (Fsp3) is 0.429. The topological polar surface area (TPSA) is 19.0 Å². The first-order chi connectivity index (χ1) is 4.20. The molecule has 9 heavy (non-hydrogen) atoms. The Hall–Kier alpha value is -0.920. The van der Waals surface area contributed by atoms with E-state index in [1.165, 1.54) is 11.4 Å². The maximum absolute atomic E-state index is 3.11. The average molecular weight is 124 g/mol. The highest BCUT2D eigenvalue weighted by Gasteiger charge is 1.94. The lowest BCUT2D eigenvalue weighted by Gasteiger charge is -2.07. The lowest BCUT2D eigenvalue weighted by molar-refractivity contribution is 1.13. The molecule has 0 saturated carbocycles. The van der Waals surface area contributed by atoms with Crippen LogP contribution in [0.15, 0.2) is 12.3 Å². The molecular formula is C7H12N2. The van der Waals surface area contributed by atoms with Crippen molar-refractivity contribution in [2.45, 2.75) is 6.92 Å². The summed E-state index contributed by atoms with van der Waals surface area (Å²) < 4.78 is 0. The molecule has 0 radical (unpaired) electrons. The Morgan fingerprint density at radius 2 is 2.11 bits per heavy atom. The van der Waals surface area contributed by atoms with Gasteiger partial charge in [0.15, 0.2) is 0 Å². The van der Waals surface area contributed by atoms with Crippen LogP contribution in [0.3, 0.4) is 0 Å². The van der Waals surface area contributed by atoms with E-state index in [1.54, 1.807) is 0 Å². The van der Waals surface area contributed by atoms with Crippen molar-refractivity contribution in [2.24, 2.45) is 0 Å². The van der Waals surface area contributed by atoms with Gasteiger partial charge in [0.05, 0.1) is 5.69 Å². The van der Waals surface area contributed by atoms with E-state index in [1.807, 2.05) is 27.2 Å². The van der Waals surface area contributed by atoms with Crippen molar-refractivity contribution in [1.29, 1.82) is 0 Å². The molecule has 1 rings (SSSR count). The molecule has 0 aliphatic carbocycles. The minimum atomic E-state index is 1.21. The lowest BCUT2D eigenvalue weighted by atomic mass is 10.4. The van der Waals surface area contributed by atoms with Crippen molar-refractivity contribution in [3.05, 3.63) is 18.0 Å². The molecular weight excluding hydrogens is 112 g/mol. The number of rotatable bonds is 1. The van der Waals surface area contributed by atoms with Crippen LogP contribution < -0.4 is 4.90 Å². The molecule has 0 bridgehead atoms. The molecule has 1 N–H and O–H groups in total. The standard InChI is InChI=1S/C7H12N2/c1-6-4-7(5-8-6)9(2)3/h4-5,8H,1-3H3. The smallest absolute Gasteiger partial charge is 0.0541 e. The SMILES string of the molecule is Cc1cc(N(C)C)c[nH]1. The van der Waals surface area contributed by atoms with Crippen LogP contribution in [0.5, 0.6) is 0 Å². The summed E-state index contributed by atoms with van der Waals surface area (Å²) in [7, 11) is 4.06. The molecule has 1 aromatic rings. The van der Waals surface area contributed by atoms with Gasteiger partial charge in [-0.3, -0.25) is 0 Å². The summed E-state index contributed by atoms with van der Waals surface area (Å²) in [6.07, 6.45) is 2.00. The summed E-state index contributed by atoms with van der Waals surface area (Å²) in [6, 6.07) is 2.11. The maximum atomic E-state index is 3.11. The van der Waals surface area contributed by atoms with Gasteiger partial charge in [-0.1, -0.05) is 0 Å². The number of nitrogens with one attached hydrogen (secondary N) is 1. The number of aryl methyl sites for hydroxylation is 1. The third-order valence-corrected chi connectivity index (χ3v) is 1.33. The van der Waals surface area contributed by atoms with E-state index in [9.17, 15) is 0 Å². The minimum absolute atomic E-state index is 1.21.